The first-order chi connectivity index (χ1) is 12.8. The van der Waals surface area contributed by atoms with Gasteiger partial charge in [0.1, 0.15) is 10.0 Å². The quantitative estimate of drug-likeness (QED) is 0.303. The summed E-state index contributed by atoms with van der Waals surface area (Å²) in [5, 5.41) is 8.94. The second kappa shape index (κ2) is 9.69. The number of hydrogen-bond donors (Lipinski definition) is 1. The van der Waals surface area contributed by atoms with Crippen LogP contribution in [0.3, 0.4) is 0 Å². The summed E-state index contributed by atoms with van der Waals surface area (Å²) in [5.74, 6) is -0.0550. The first kappa shape index (κ1) is 21.9. The molecule has 0 heterocycles. The van der Waals surface area contributed by atoms with Crippen molar-refractivity contribution in [1.29, 1.82) is 0 Å². The van der Waals surface area contributed by atoms with Crippen LogP contribution in [0.25, 0.3) is 0 Å². The SMILES string of the molecule is CC(I)(CC(CC(C)(C)c1ccccc1)c1ccccc1)C(=O)OCCO. The highest BCUT2D eigenvalue weighted by molar-refractivity contribution is 14.1. The average molecular weight is 480 g/mol. The second-order valence-corrected chi connectivity index (χ2v) is 10.2. The molecule has 0 radical (unpaired) electrons. The number of hydrogen-bond acceptors (Lipinski definition) is 3. The number of aliphatic hydroxyl groups is 1. The topological polar surface area (TPSA) is 46.5 Å². The molecule has 2 atom stereocenters. The van der Waals surface area contributed by atoms with Crippen LogP contribution in [0.15, 0.2) is 60.7 Å². The van der Waals surface area contributed by atoms with Crippen molar-refractivity contribution < 1.29 is 14.6 Å². The highest BCUT2D eigenvalue weighted by atomic mass is 127. The van der Waals surface area contributed by atoms with E-state index in [0.29, 0.717) is 6.42 Å². The Labute approximate surface area is 176 Å². The fourth-order valence-corrected chi connectivity index (χ4v) is 4.18. The lowest BCUT2D eigenvalue weighted by atomic mass is 9.73. The van der Waals surface area contributed by atoms with Crippen molar-refractivity contribution in [2.45, 2.75) is 48.4 Å². The van der Waals surface area contributed by atoms with E-state index in [1.807, 2.05) is 31.2 Å². The third kappa shape index (κ3) is 6.32. The number of alkyl halides is 1. The van der Waals surface area contributed by atoms with Crippen molar-refractivity contribution in [3.8, 4) is 0 Å². The Hall–Kier alpha value is -1.40. The molecule has 2 unspecified atom stereocenters. The standard InChI is InChI=1S/C23H29IO3/c1-22(2,20-12-8-5-9-13-20)16-19(18-10-6-4-7-11-18)17-23(3,24)21(26)27-15-14-25/h4-13,19,25H,14-17H2,1-3H3. The summed E-state index contributed by atoms with van der Waals surface area (Å²) in [6.07, 6.45) is 1.60. The van der Waals surface area contributed by atoms with Gasteiger partial charge >= 0.3 is 5.97 Å². The second-order valence-electron chi connectivity index (χ2n) is 7.82. The van der Waals surface area contributed by atoms with Crippen LogP contribution in [-0.4, -0.2) is 27.7 Å². The number of esters is 1. The molecule has 27 heavy (non-hydrogen) atoms. The van der Waals surface area contributed by atoms with Crippen LogP contribution in [-0.2, 0) is 14.9 Å². The van der Waals surface area contributed by atoms with Crippen LogP contribution >= 0.6 is 22.6 Å². The van der Waals surface area contributed by atoms with E-state index in [2.05, 4.69) is 72.8 Å². The van der Waals surface area contributed by atoms with Gasteiger partial charge in [-0.25, -0.2) is 0 Å². The maximum Gasteiger partial charge on any atom is 0.321 e. The van der Waals surface area contributed by atoms with Crippen LogP contribution in [0.1, 0.15) is 50.7 Å². The van der Waals surface area contributed by atoms with E-state index in [-0.39, 0.29) is 30.5 Å². The molecule has 2 aromatic carbocycles. The number of aliphatic hydroxyl groups excluding tert-OH is 1. The lowest BCUT2D eigenvalue weighted by molar-refractivity contribution is -0.146. The van der Waals surface area contributed by atoms with Gasteiger partial charge in [-0.05, 0) is 42.2 Å². The molecule has 0 aliphatic rings. The van der Waals surface area contributed by atoms with Gasteiger partial charge < -0.3 is 9.84 Å². The fourth-order valence-electron chi connectivity index (χ4n) is 3.49. The van der Waals surface area contributed by atoms with E-state index in [4.69, 9.17) is 9.84 Å². The van der Waals surface area contributed by atoms with Gasteiger partial charge in [-0.3, -0.25) is 4.79 Å². The molecule has 0 saturated carbocycles. The molecule has 0 amide bonds. The predicted octanol–water partition coefficient (Wildman–Crippen LogP) is 5.26. The van der Waals surface area contributed by atoms with Gasteiger partial charge in [0.25, 0.3) is 0 Å². The van der Waals surface area contributed by atoms with Crippen LogP contribution < -0.4 is 0 Å². The van der Waals surface area contributed by atoms with Gasteiger partial charge in [0.05, 0.1) is 6.61 Å². The summed E-state index contributed by atoms with van der Waals surface area (Å²) in [6.45, 7) is 6.32. The molecule has 3 nitrogen and oxygen atoms in total. The zero-order chi connectivity index (χ0) is 19.9. The predicted molar refractivity (Wildman–Crippen MR) is 118 cm³/mol. The molecule has 0 aromatic heterocycles. The largest absolute Gasteiger partial charge is 0.462 e. The fraction of sp³-hybridized carbons (Fsp3) is 0.435. The molecule has 2 aromatic rings. The number of ether oxygens (including phenoxy) is 1. The van der Waals surface area contributed by atoms with Crippen molar-refractivity contribution in [2.24, 2.45) is 0 Å². The molecular formula is C23H29IO3. The zero-order valence-corrected chi connectivity index (χ0v) is 18.5. The highest BCUT2D eigenvalue weighted by Crippen LogP contribution is 2.41. The average Bonchev–Trinajstić information content (AvgIpc) is 2.66. The Bertz CT molecular complexity index is 711. The minimum absolute atomic E-state index is 0.0243. The zero-order valence-electron chi connectivity index (χ0n) is 16.3. The lowest BCUT2D eigenvalue weighted by Gasteiger charge is -2.34. The first-order valence-electron chi connectivity index (χ1n) is 9.34. The summed E-state index contributed by atoms with van der Waals surface area (Å²) in [4.78, 5) is 12.5. The number of carbonyl (C=O) groups excluding carboxylic acids is 1. The van der Waals surface area contributed by atoms with Gasteiger partial charge in [0.2, 0.25) is 0 Å². The molecule has 0 fully saturated rings. The van der Waals surface area contributed by atoms with Crippen molar-refractivity contribution in [3.63, 3.8) is 0 Å². The Kier molecular flexibility index (Phi) is 7.86. The number of rotatable bonds is 9. The van der Waals surface area contributed by atoms with Crippen molar-refractivity contribution >= 4 is 28.6 Å². The van der Waals surface area contributed by atoms with Crippen molar-refractivity contribution in [1.82, 2.24) is 0 Å². The summed E-state index contributed by atoms with van der Waals surface area (Å²) in [7, 11) is 0. The van der Waals surface area contributed by atoms with Crippen LogP contribution in [0.5, 0.6) is 0 Å². The van der Waals surface area contributed by atoms with E-state index in [9.17, 15) is 4.79 Å². The minimum Gasteiger partial charge on any atom is -0.462 e. The monoisotopic (exact) mass is 480 g/mol. The number of benzene rings is 2. The molecule has 0 aliphatic heterocycles. The van der Waals surface area contributed by atoms with E-state index < -0.39 is 3.42 Å². The first-order valence-corrected chi connectivity index (χ1v) is 10.4. The van der Waals surface area contributed by atoms with Crippen molar-refractivity contribution in [3.05, 3.63) is 71.8 Å². The Morgan fingerprint density at radius 3 is 2.11 bits per heavy atom. The van der Waals surface area contributed by atoms with Crippen LogP contribution in [0.2, 0.25) is 0 Å². The summed E-state index contributed by atoms with van der Waals surface area (Å²) < 4.78 is 4.56. The highest BCUT2D eigenvalue weighted by Gasteiger charge is 2.37. The normalized spacial score (nSPS) is 15.0. The lowest BCUT2D eigenvalue weighted by Crippen LogP contribution is -2.34. The van der Waals surface area contributed by atoms with Gasteiger partial charge in [-0.1, -0.05) is 97.1 Å². The maximum atomic E-state index is 12.5. The maximum absolute atomic E-state index is 12.5. The van der Waals surface area contributed by atoms with E-state index in [1.54, 1.807) is 0 Å². The molecule has 0 bridgehead atoms. The molecule has 4 heteroatoms. The molecule has 1 N–H and O–H groups in total. The number of halogens is 1. The molecule has 146 valence electrons. The summed E-state index contributed by atoms with van der Waals surface area (Å²) in [6, 6.07) is 20.9. The van der Waals surface area contributed by atoms with Crippen molar-refractivity contribution in [2.75, 3.05) is 13.2 Å². The van der Waals surface area contributed by atoms with Crippen LogP contribution in [0.4, 0.5) is 0 Å². The summed E-state index contributed by atoms with van der Waals surface area (Å²) in [5.41, 5.74) is 2.51. The van der Waals surface area contributed by atoms with E-state index >= 15 is 0 Å². The Morgan fingerprint density at radius 2 is 1.56 bits per heavy atom. The minimum atomic E-state index is -0.653. The smallest absolute Gasteiger partial charge is 0.321 e. The van der Waals surface area contributed by atoms with Gasteiger partial charge in [-0.2, -0.15) is 0 Å². The Balaban J connectivity index is 2.26. The van der Waals surface area contributed by atoms with Crippen LogP contribution in [0, 0.1) is 0 Å². The molecule has 0 spiro atoms. The molecule has 0 aliphatic carbocycles. The summed E-state index contributed by atoms with van der Waals surface area (Å²) >= 11 is 2.19. The third-order valence-corrected chi connectivity index (χ3v) is 5.84. The third-order valence-electron chi connectivity index (χ3n) is 4.96. The van der Waals surface area contributed by atoms with E-state index in [0.717, 1.165) is 6.42 Å². The Morgan fingerprint density at radius 1 is 1.00 bits per heavy atom. The van der Waals surface area contributed by atoms with Gasteiger partial charge in [-0.15, -0.1) is 0 Å². The molecule has 2 rings (SSSR count). The van der Waals surface area contributed by atoms with Gasteiger partial charge in [0, 0.05) is 0 Å². The molecule has 0 saturated heterocycles. The molecular weight excluding hydrogens is 451 g/mol. The van der Waals surface area contributed by atoms with Gasteiger partial charge in [0.15, 0.2) is 0 Å². The number of carbonyl (C=O) groups is 1. The van der Waals surface area contributed by atoms with E-state index in [1.165, 1.54) is 11.1 Å².